The van der Waals surface area contributed by atoms with Gasteiger partial charge in [-0.25, -0.2) is 0 Å². The lowest BCUT2D eigenvalue weighted by molar-refractivity contribution is 0.474. The molecule has 3 heteroatoms. The molecule has 2 aromatic carbocycles. The van der Waals surface area contributed by atoms with Gasteiger partial charge in [0, 0.05) is 22.6 Å². The summed E-state index contributed by atoms with van der Waals surface area (Å²) >= 11 is 0. The molecule has 1 heterocycles. The Balaban J connectivity index is 2.04. The van der Waals surface area contributed by atoms with Crippen LogP contribution in [0.1, 0.15) is 11.1 Å². The third-order valence-corrected chi connectivity index (χ3v) is 3.75. The van der Waals surface area contributed by atoms with Crippen molar-refractivity contribution in [2.45, 2.75) is 12.8 Å². The Labute approximate surface area is 109 Å². The van der Waals surface area contributed by atoms with Crippen molar-refractivity contribution in [1.82, 2.24) is 0 Å². The smallest absolute Gasteiger partial charge is 0.138 e. The number of hydrogen-bond acceptors (Lipinski definition) is 3. The fourth-order valence-electron chi connectivity index (χ4n) is 2.87. The van der Waals surface area contributed by atoms with Crippen molar-refractivity contribution in [2.75, 3.05) is 0 Å². The maximum Gasteiger partial charge on any atom is 0.138 e. The van der Waals surface area contributed by atoms with Crippen LogP contribution in [0, 0.1) is 0 Å². The molecule has 3 aromatic rings. The lowest BCUT2D eigenvalue weighted by Gasteiger charge is -2.15. The van der Waals surface area contributed by atoms with Crippen molar-refractivity contribution in [2.24, 2.45) is 0 Å². The highest BCUT2D eigenvalue weighted by Gasteiger charge is 2.23. The predicted octanol–water partition coefficient (Wildman–Crippen LogP) is 3.61. The van der Waals surface area contributed by atoms with E-state index in [1.807, 2.05) is 12.1 Å². The Hall–Kier alpha value is -2.42. The average Bonchev–Trinajstić information content (AvgIpc) is 2.75. The molecular formula is C16H12O3. The Kier molecular flexibility index (Phi) is 1.96. The molecule has 0 bridgehead atoms. The van der Waals surface area contributed by atoms with Crippen molar-refractivity contribution < 1.29 is 14.6 Å². The van der Waals surface area contributed by atoms with E-state index >= 15 is 0 Å². The van der Waals surface area contributed by atoms with Crippen LogP contribution < -0.4 is 0 Å². The van der Waals surface area contributed by atoms with Crippen LogP contribution in [0.5, 0.6) is 11.5 Å². The Morgan fingerprint density at radius 1 is 0.895 bits per heavy atom. The van der Waals surface area contributed by atoms with Crippen molar-refractivity contribution in [3.63, 3.8) is 0 Å². The quantitative estimate of drug-likeness (QED) is 0.642. The third-order valence-electron chi connectivity index (χ3n) is 3.75. The second kappa shape index (κ2) is 3.54. The van der Waals surface area contributed by atoms with Crippen molar-refractivity contribution in [3.05, 3.63) is 47.5 Å². The van der Waals surface area contributed by atoms with Gasteiger partial charge < -0.3 is 14.6 Å². The van der Waals surface area contributed by atoms with Crippen LogP contribution in [-0.4, -0.2) is 10.2 Å². The molecule has 0 amide bonds. The summed E-state index contributed by atoms with van der Waals surface area (Å²) in [5.41, 5.74) is 4.05. The molecule has 0 unspecified atom stereocenters. The van der Waals surface area contributed by atoms with Gasteiger partial charge >= 0.3 is 0 Å². The lowest BCUT2D eigenvalue weighted by atomic mass is 9.89. The number of phenols is 2. The number of rotatable bonds is 0. The number of aromatic hydroxyl groups is 2. The zero-order chi connectivity index (χ0) is 13.0. The van der Waals surface area contributed by atoms with Crippen molar-refractivity contribution >= 4 is 11.0 Å². The number of phenolic OH excluding ortho intramolecular Hbond substituents is 2. The molecule has 1 aromatic heterocycles. The topological polar surface area (TPSA) is 53.6 Å². The van der Waals surface area contributed by atoms with Crippen LogP contribution in [0.25, 0.3) is 22.3 Å². The summed E-state index contributed by atoms with van der Waals surface area (Å²) in [5.74, 6) is 1.36. The first-order valence-corrected chi connectivity index (χ1v) is 6.29. The molecule has 0 saturated heterocycles. The minimum atomic E-state index is 0.213. The molecule has 0 fully saturated rings. The van der Waals surface area contributed by atoms with Gasteiger partial charge in [-0.15, -0.1) is 0 Å². The lowest BCUT2D eigenvalue weighted by Crippen LogP contribution is -2.01. The molecule has 2 N–H and O–H groups in total. The first-order valence-electron chi connectivity index (χ1n) is 6.29. The van der Waals surface area contributed by atoms with Gasteiger partial charge in [0.15, 0.2) is 0 Å². The Bertz CT molecular complexity index is 799. The van der Waals surface area contributed by atoms with E-state index in [1.165, 1.54) is 5.56 Å². The SMILES string of the molecule is Oc1ccc2c(c1)CCc1c-2oc2cc(O)ccc12. The summed E-state index contributed by atoms with van der Waals surface area (Å²) < 4.78 is 5.90. The number of benzene rings is 2. The van der Waals surface area contributed by atoms with E-state index < -0.39 is 0 Å². The van der Waals surface area contributed by atoms with Crippen molar-refractivity contribution in [3.8, 4) is 22.8 Å². The van der Waals surface area contributed by atoms with Gasteiger partial charge in [-0.1, -0.05) is 0 Å². The van der Waals surface area contributed by atoms with E-state index in [0.717, 1.165) is 35.1 Å². The Morgan fingerprint density at radius 2 is 1.68 bits per heavy atom. The third kappa shape index (κ3) is 1.45. The van der Waals surface area contributed by atoms with Gasteiger partial charge in [0.1, 0.15) is 22.8 Å². The second-order valence-corrected chi connectivity index (χ2v) is 4.93. The summed E-state index contributed by atoms with van der Waals surface area (Å²) in [7, 11) is 0. The molecule has 4 rings (SSSR count). The molecule has 1 aliphatic carbocycles. The molecular weight excluding hydrogens is 240 g/mol. The highest BCUT2D eigenvalue weighted by atomic mass is 16.3. The molecule has 0 radical (unpaired) electrons. The summed E-state index contributed by atoms with van der Waals surface area (Å²) in [4.78, 5) is 0. The summed E-state index contributed by atoms with van der Waals surface area (Å²) in [6.45, 7) is 0. The number of hydrogen-bond donors (Lipinski definition) is 2. The van der Waals surface area contributed by atoms with Crippen LogP contribution in [0.4, 0.5) is 0 Å². The molecule has 0 saturated carbocycles. The molecule has 19 heavy (non-hydrogen) atoms. The number of fused-ring (bicyclic) bond motifs is 5. The Morgan fingerprint density at radius 3 is 2.58 bits per heavy atom. The number of aryl methyl sites for hydroxylation is 2. The van der Waals surface area contributed by atoms with Gasteiger partial charge in [-0.05, 0) is 48.7 Å². The largest absolute Gasteiger partial charge is 0.508 e. The van der Waals surface area contributed by atoms with E-state index in [-0.39, 0.29) is 11.5 Å². The predicted molar refractivity (Wildman–Crippen MR) is 72.4 cm³/mol. The number of furan rings is 1. The van der Waals surface area contributed by atoms with Gasteiger partial charge in [0.25, 0.3) is 0 Å². The maximum absolute atomic E-state index is 9.55. The van der Waals surface area contributed by atoms with Crippen molar-refractivity contribution in [1.29, 1.82) is 0 Å². The fraction of sp³-hybridized carbons (Fsp3) is 0.125. The van der Waals surface area contributed by atoms with E-state index in [1.54, 1.807) is 24.3 Å². The van der Waals surface area contributed by atoms with Gasteiger partial charge in [0.2, 0.25) is 0 Å². The minimum absolute atomic E-state index is 0.213. The van der Waals surface area contributed by atoms with E-state index in [2.05, 4.69) is 0 Å². The molecule has 0 atom stereocenters. The van der Waals surface area contributed by atoms with Gasteiger partial charge in [-0.3, -0.25) is 0 Å². The molecule has 0 aliphatic heterocycles. The normalized spacial score (nSPS) is 13.3. The zero-order valence-corrected chi connectivity index (χ0v) is 10.2. The van der Waals surface area contributed by atoms with Crippen LogP contribution in [0.15, 0.2) is 40.8 Å². The first kappa shape index (κ1) is 10.5. The second-order valence-electron chi connectivity index (χ2n) is 4.93. The molecule has 0 spiro atoms. The van der Waals surface area contributed by atoms with Crippen LogP contribution >= 0.6 is 0 Å². The molecule has 3 nitrogen and oxygen atoms in total. The summed E-state index contributed by atoms with van der Waals surface area (Å²) in [5, 5.41) is 20.1. The summed E-state index contributed by atoms with van der Waals surface area (Å²) in [6, 6.07) is 10.6. The highest BCUT2D eigenvalue weighted by Crippen LogP contribution is 2.41. The standard InChI is InChI=1S/C16H12O3/c17-10-2-5-12-9(7-10)1-4-14-13-6-3-11(18)8-15(13)19-16(12)14/h2-3,5-8,17-18H,1,4H2. The fourth-order valence-corrected chi connectivity index (χ4v) is 2.87. The van der Waals surface area contributed by atoms with Crippen LogP contribution in [-0.2, 0) is 12.8 Å². The van der Waals surface area contributed by atoms with Gasteiger partial charge in [-0.2, -0.15) is 0 Å². The van der Waals surface area contributed by atoms with Crippen LogP contribution in [0.3, 0.4) is 0 Å². The summed E-state index contributed by atoms with van der Waals surface area (Å²) in [6.07, 6.45) is 1.79. The maximum atomic E-state index is 9.55. The monoisotopic (exact) mass is 252 g/mol. The van der Waals surface area contributed by atoms with E-state index in [4.69, 9.17) is 4.42 Å². The minimum Gasteiger partial charge on any atom is -0.508 e. The first-order chi connectivity index (χ1) is 9.22. The van der Waals surface area contributed by atoms with Crippen LogP contribution in [0.2, 0.25) is 0 Å². The molecule has 1 aliphatic rings. The van der Waals surface area contributed by atoms with E-state index in [9.17, 15) is 10.2 Å². The van der Waals surface area contributed by atoms with E-state index in [0.29, 0.717) is 5.58 Å². The highest BCUT2D eigenvalue weighted by molar-refractivity contribution is 5.90. The van der Waals surface area contributed by atoms with Gasteiger partial charge in [0.05, 0.1) is 0 Å². The average molecular weight is 252 g/mol. The molecule has 94 valence electrons. The zero-order valence-electron chi connectivity index (χ0n) is 10.2.